The van der Waals surface area contributed by atoms with Gasteiger partial charge in [-0.15, -0.1) is 0 Å². The van der Waals surface area contributed by atoms with Gasteiger partial charge in [-0.05, 0) is 6.42 Å². The Labute approximate surface area is 109 Å². The summed E-state index contributed by atoms with van der Waals surface area (Å²) in [6.07, 6.45) is 2.08. The Morgan fingerprint density at radius 1 is 1.28 bits per heavy atom. The minimum absolute atomic E-state index is 0.294. The van der Waals surface area contributed by atoms with Gasteiger partial charge in [0.05, 0.1) is 0 Å². The molecule has 7 heteroatoms. The minimum Gasteiger partial charge on any atom is -0.339 e. The number of sulfone groups is 1. The van der Waals surface area contributed by atoms with E-state index in [-0.39, 0.29) is 11.7 Å². The van der Waals surface area contributed by atoms with Crippen LogP contribution < -0.4 is 5.73 Å². The predicted molar refractivity (Wildman–Crippen MR) is 71.0 cm³/mol. The van der Waals surface area contributed by atoms with Crippen LogP contribution in [-0.4, -0.2) is 74.9 Å². The Hall–Kier alpha value is -0.660. The maximum absolute atomic E-state index is 11.7. The third-order valence-electron chi connectivity index (χ3n) is 3.31. The van der Waals surface area contributed by atoms with Crippen molar-refractivity contribution in [2.45, 2.75) is 19.4 Å². The lowest BCUT2D eigenvalue weighted by Gasteiger charge is -2.38. The molecule has 106 valence electrons. The van der Waals surface area contributed by atoms with Crippen molar-refractivity contribution >= 4 is 15.7 Å². The highest BCUT2D eigenvalue weighted by Crippen LogP contribution is 2.09. The SMILES string of the molecule is CCC(CN)N1CCN(C(=O)CS(C)(=O)=O)CC1. The van der Waals surface area contributed by atoms with Crippen LogP contribution >= 0.6 is 0 Å². The molecule has 0 saturated carbocycles. The summed E-state index contributed by atoms with van der Waals surface area (Å²) in [5.41, 5.74) is 5.69. The molecule has 0 aromatic rings. The summed E-state index contributed by atoms with van der Waals surface area (Å²) < 4.78 is 22.2. The van der Waals surface area contributed by atoms with Crippen molar-refractivity contribution in [1.29, 1.82) is 0 Å². The van der Waals surface area contributed by atoms with E-state index >= 15 is 0 Å². The van der Waals surface area contributed by atoms with E-state index in [9.17, 15) is 13.2 Å². The first-order chi connectivity index (χ1) is 8.37. The summed E-state index contributed by atoms with van der Waals surface area (Å²) in [4.78, 5) is 15.6. The molecule has 2 N–H and O–H groups in total. The van der Waals surface area contributed by atoms with Crippen LogP contribution in [0.4, 0.5) is 0 Å². The number of carbonyl (C=O) groups excluding carboxylic acids is 1. The third kappa shape index (κ3) is 4.55. The largest absolute Gasteiger partial charge is 0.339 e. The van der Waals surface area contributed by atoms with Gasteiger partial charge in [0.15, 0.2) is 9.84 Å². The van der Waals surface area contributed by atoms with Gasteiger partial charge < -0.3 is 10.6 Å². The molecule has 1 saturated heterocycles. The van der Waals surface area contributed by atoms with Crippen molar-refractivity contribution in [2.24, 2.45) is 5.73 Å². The Morgan fingerprint density at radius 3 is 2.22 bits per heavy atom. The molecule has 0 bridgehead atoms. The number of hydrogen-bond acceptors (Lipinski definition) is 5. The lowest BCUT2D eigenvalue weighted by atomic mass is 10.1. The van der Waals surface area contributed by atoms with Crippen LogP contribution in [0.15, 0.2) is 0 Å². The van der Waals surface area contributed by atoms with E-state index in [0.717, 1.165) is 25.8 Å². The van der Waals surface area contributed by atoms with Crippen LogP contribution in [0.2, 0.25) is 0 Å². The molecule has 1 aliphatic rings. The van der Waals surface area contributed by atoms with Gasteiger partial charge in [-0.25, -0.2) is 8.42 Å². The Morgan fingerprint density at radius 2 is 1.83 bits per heavy atom. The van der Waals surface area contributed by atoms with E-state index in [4.69, 9.17) is 5.73 Å². The maximum atomic E-state index is 11.7. The van der Waals surface area contributed by atoms with E-state index in [0.29, 0.717) is 25.7 Å². The summed E-state index contributed by atoms with van der Waals surface area (Å²) in [7, 11) is -3.24. The summed E-state index contributed by atoms with van der Waals surface area (Å²) in [5.74, 6) is -0.681. The molecule has 1 fully saturated rings. The zero-order valence-corrected chi connectivity index (χ0v) is 11.9. The molecule has 0 aromatic carbocycles. The standard InChI is InChI=1S/C11H23N3O3S/c1-3-10(8-12)13-4-6-14(7-5-13)11(15)9-18(2,16)17/h10H,3-9,12H2,1-2H3. The molecule has 6 nitrogen and oxygen atoms in total. The average molecular weight is 277 g/mol. The third-order valence-corrected chi connectivity index (χ3v) is 4.08. The van der Waals surface area contributed by atoms with Gasteiger partial charge in [-0.1, -0.05) is 6.92 Å². The second-order valence-electron chi connectivity index (χ2n) is 4.78. The second-order valence-corrected chi connectivity index (χ2v) is 6.92. The molecule has 0 aromatic heterocycles. The lowest BCUT2D eigenvalue weighted by molar-refractivity contribution is -0.130. The van der Waals surface area contributed by atoms with Gasteiger partial charge in [0.25, 0.3) is 0 Å². The minimum atomic E-state index is -3.24. The molecule has 1 heterocycles. The maximum Gasteiger partial charge on any atom is 0.237 e. The number of piperazine rings is 1. The molecule has 18 heavy (non-hydrogen) atoms. The molecule has 1 unspecified atom stereocenters. The van der Waals surface area contributed by atoms with Crippen LogP contribution in [0, 0.1) is 0 Å². The molecular weight excluding hydrogens is 254 g/mol. The van der Waals surface area contributed by atoms with Crippen LogP contribution in [0.1, 0.15) is 13.3 Å². The highest BCUT2D eigenvalue weighted by Gasteiger charge is 2.25. The highest BCUT2D eigenvalue weighted by atomic mass is 32.2. The van der Waals surface area contributed by atoms with E-state index in [1.165, 1.54) is 0 Å². The summed E-state index contributed by atoms with van der Waals surface area (Å²) in [6, 6.07) is 0.358. The number of nitrogens with zero attached hydrogens (tertiary/aromatic N) is 2. The predicted octanol–water partition coefficient (Wildman–Crippen LogP) is -1.09. The molecule has 1 atom stereocenters. The van der Waals surface area contributed by atoms with Crippen molar-refractivity contribution in [1.82, 2.24) is 9.80 Å². The van der Waals surface area contributed by atoms with Crippen LogP contribution in [0.3, 0.4) is 0 Å². The normalized spacial score (nSPS) is 19.8. The van der Waals surface area contributed by atoms with E-state index in [1.54, 1.807) is 4.90 Å². The Kier molecular flexibility index (Phi) is 5.55. The highest BCUT2D eigenvalue weighted by molar-refractivity contribution is 7.91. The second kappa shape index (κ2) is 6.49. The lowest BCUT2D eigenvalue weighted by Crippen LogP contribution is -2.54. The van der Waals surface area contributed by atoms with Crippen LogP contribution in [0.5, 0.6) is 0 Å². The molecule has 1 rings (SSSR count). The molecule has 1 amide bonds. The molecule has 0 radical (unpaired) electrons. The number of rotatable bonds is 5. The molecule has 1 aliphatic heterocycles. The number of hydrogen-bond donors (Lipinski definition) is 1. The first-order valence-electron chi connectivity index (χ1n) is 6.27. The fourth-order valence-corrected chi connectivity index (χ4v) is 2.86. The van der Waals surface area contributed by atoms with Gasteiger partial charge in [-0.2, -0.15) is 0 Å². The smallest absolute Gasteiger partial charge is 0.237 e. The fourth-order valence-electron chi connectivity index (χ4n) is 2.23. The number of carbonyl (C=O) groups is 1. The van der Waals surface area contributed by atoms with Gasteiger partial charge in [0.2, 0.25) is 5.91 Å². The van der Waals surface area contributed by atoms with E-state index in [2.05, 4.69) is 11.8 Å². The molecule has 0 aliphatic carbocycles. The number of amides is 1. The van der Waals surface area contributed by atoms with Crippen molar-refractivity contribution in [3.8, 4) is 0 Å². The van der Waals surface area contributed by atoms with Gasteiger partial charge in [0, 0.05) is 45.0 Å². The first-order valence-corrected chi connectivity index (χ1v) is 8.33. The molecule has 0 spiro atoms. The number of nitrogens with two attached hydrogens (primary N) is 1. The van der Waals surface area contributed by atoms with E-state index < -0.39 is 9.84 Å². The molecular formula is C11H23N3O3S. The van der Waals surface area contributed by atoms with Gasteiger partial charge in [-0.3, -0.25) is 9.69 Å². The fraction of sp³-hybridized carbons (Fsp3) is 0.909. The van der Waals surface area contributed by atoms with E-state index in [1.807, 2.05) is 0 Å². The zero-order chi connectivity index (χ0) is 13.8. The van der Waals surface area contributed by atoms with Crippen molar-refractivity contribution in [2.75, 3.05) is 44.7 Å². The average Bonchev–Trinajstić information content (AvgIpc) is 2.29. The quantitative estimate of drug-likeness (QED) is 0.690. The zero-order valence-electron chi connectivity index (χ0n) is 11.1. The first kappa shape index (κ1) is 15.4. The summed E-state index contributed by atoms with van der Waals surface area (Å²) in [5, 5.41) is 0. The van der Waals surface area contributed by atoms with Crippen LogP contribution in [-0.2, 0) is 14.6 Å². The van der Waals surface area contributed by atoms with Crippen molar-refractivity contribution in [3.05, 3.63) is 0 Å². The van der Waals surface area contributed by atoms with Crippen molar-refractivity contribution in [3.63, 3.8) is 0 Å². The van der Waals surface area contributed by atoms with Gasteiger partial charge >= 0.3 is 0 Å². The van der Waals surface area contributed by atoms with Crippen molar-refractivity contribution < 1.29 is 13.2 Å². The van der Waals surface area contributed by atoms with Crippen LogP contribution in [0.25, 0.3) is 0 Å². The Bertz CT molecular complexity index is 371. The Balaban J connectivity index is 2.46. The van der Waals surface area contributed by atoms with Gasteiger partial charge in [0.1, 0.15) is 5.75 Å². The topological polar surface area (TPSA) is 83.7 Å². The summed E-state index contributed by atoms with van der Waals surface area (Å²) in [6.45, 7) is 5.43. The summed E-state index contributed by atoms with van der Waals surface area (Å²) >= 11 is 0. The monoisotopic (exact) mass is 277 g/mol.